The van der Waals surface area contributed by atoms with Crippen molar-refractivity contribution in [1.29, 1.82) is 0 Å². The number of fused-ring (bicyclic) bond motifs is 1. The molecule has 1 aliphatic rings. The summed E-state index contributed by atoms with van der Waals surface area (Å²) in [5.74, 6) is -0.482. The van der Waals surface area contributed by atoms with Gasteiger partial charge in [0, 0.05) is 6.07 Å². The fourth-order valence-electron chi connectivity index (χ4n) is 9.50. The van der Waals surface area contributed by atoms with Gasteiger partial charge in [0.15, 0.2) is 25.5 Å². The maximum atomic E-state index is 12.4. The van der Waals surface area contributed by atoms with Crippen molar-refractivity contribution in [3.63, 3.8) is 0 Å². The molecule has 0 saturated carbocycles. The van der Waals surface area contributed by atoms with Crippen LogP contribution in [0.1, 0.15) is 56.8 Å². The molecule has 0 aliphatic heterocycles. The predicted molar refractivity (Wildman–Crippen MR) is 337 cm³/mol. The minimum absolute atomic E-state index is 0. The summed E-state index contributed by atoms with van der Waals surface area (Å²) in [5.41, 5.74) is -3.91. The Balaban J connectivity index is 0.000000396. The Morgan fingerprint density at radius 3 is 1.03 bits per heavy atom. The molecule has 0 unspecified atom stereocenters. The van der Waals surface area contributed by atoms with Crippen LogP contribution in [0.2, 0.25) is 0 Å². The maximum Gasteiger partial charge on any atom is 1.00 e. The number of halogens is 8. The summed E-state index contributed by atoms with van der Waals surface area (Å²) in [7, 11) is -9.79. The summed E-state index contributed by atoms with van der Waals surface area (Å²) in [6.45, 7) is 17.1. The zero-order valence-corrected chi connectivity index (χ0v) is 58.9. The number of rotatable bonds is 13. The van der Waals surface area contributed by atoms with E-state index in [1.807, 2.05) is 0 Å². The normalized spacial score (nSPS) is 13.2. The van der Waals surface area contributed by atoms with Crippen LogP contribution < -0.4 is 41.3 Å². The van der Waals surface area contributed by atoms with E-state index in [4.69, 9.17) is 42.1 Å². The number of esters is 2. The zero-order chi connectivity index (χ0) is 64.4. The Morgan fingerprint density at radius 1 is 0.545 bits per heavy atom. The average molecular weight is 1700 g/mol. The van der Waals surface area contributed by atoms with Crippen molar-refractivity contribution in [3.05, 3.63) is 219 Å². The molecule has 482 valence electrons. The van der Waals surface area contributed by atoms with E-state index in [2.05, 4.69) is 200 Å². The molecule has 7 aromatic carbocycles. The molecule has 7 aromatic rings. The summed E-state index contributed by atoms with van der Waals surface area (Å²) in [6.07, 6.45) is 3.19. The van der Waals surface area contributed by atoms with Gasteiger partial charge in [-0.25, -0.2) is 16.8 Å². The first-order valence-corrected chi connectivity index (χ1v) is 32.9. The SMILES string of the molecule is C=[C-][C@H]1CC(C(=O)OC)(C(=O)OC)Cc2cc(OC)cc(OC)c21.Cc1ccccc1[PH+](c1ccccc1C)c1ccccc1C.Cc1ccccc1[PH+](c1ccccc1C)c1ccccc1C.ClCCl.O=S(=O)([N-]S(=O)(=O)C(F)(F)F)C(F)(F)F.[Au+].[Au+]. The molecule has 0 N–H and O–H groups in total. The van der Waals surface area contributed by atoms with Crippen molar-refractivity contribution in [1.82, 2.24) is 0 Å². The van der Waals surface area contributed by atoms with Gasteiger partial charge in [-0.1, -0.05) is 109 Å². The minimum atomic E-state index is -6.72. The Hall–Kier alpha value is -4.82. The first-order valence-electron chi connectivity index (χ1n) is 26.0. The van der Waals surface area contributed by atoms with Gasteiger partial charge in [-0.15, -0.1) is 29.1 Å². The third kappa shape index (κ3) is 20.1. The largest absolute Gasteiger partial charge is 1.00 e. The van der Waals surface area contributed by atoms with Gasteiger partial charge in [0.25, 0.3) is 0 Å². The molecule has 0 fully saturated rings. The number of ether oxygens (including phenoxy) is 4. The van der Waals surface area contributed by atoms with Gasteiger partial charge in [-0.2, -0.15) is 26.3 Å². The van der Waals surface area contributed by atoms with Gasteiger partial charge in [0.2, 0.25) is 0 Å². The van der Waals surface area contributed by atoms with Crippen LogP contribution in [0.25, 0.3) is 4.13 Å². The molecule has 0 radical (unpaired) electrons. The van der Waals surface area contributed by atoms with Crippen LogP contribution in [0.3, 0.4) is 0 Å². The number of aryl methyl sites for hydroxylation is 6. The van der Waals surface area contributed by atoms with E-state index in [1.54, 1.807) is 19.2 Å². The maximum absolute atomic E-state index is 12.4. The van der Waals surface area contributed by atoms with Gasteiger partial charge in [-0.3, -0.25) is 16.2 Å². The minimum Gasteiger partial charge on any atom is -0.497 e. The smallest absolute Gasteiger partial charge is 0.497 e. The van der Waals surface area contributed by atoms with Crippen molar-refractivity contribution >= 4 is 103 Å². The molecule has 0 amide bonds. The number of allylic oxidation sites excluding steroid dienone is 1. The average Bonchev–Trinajstić information content (AvgIpc) is 0.783. The van der Waals surface area contributed by atoms with Crippen molar-refractivity contribution in [2.45, 2.75) is 71.3 Å². The third-order valence-electron chi connectivity index (χ3n) is 13.7. The number of carbonyl (C=O) groups is 2. The van der Waals surface area contributed by atoms with Gasteiger partial charge in [-0.05, 0) is 141 Å². The number of alkyl halides is 8. The van der Waals surface area contributed by atoms with E-state index in [0.29, 0.717) is 11.5 Å². The number of hydrogen-bond acceptors (Lipinski definition) is 10. The molecule has 0 bridgehead atoms. The summed E-state index contributed by atoms with van der Waals surface area (Å²) in [4.78, 5) is 24.9. The number of sulfonamides is 2. The van der Waals surface area contributed by atoms with E-state index in [0.717, 1.165) is 15.3 Å². The molecular formula is C63H67Au2Cl2F6NO10P2S2+2. The van der Waals surface area contributed by atoms with Crippen molar-refractivity contribution < 1.29 is 116 Å². The summed E-state index contributed by atoms with van der Waals surface area (Å²) in [6, 6.07) is 56.6. The van der Waals surface area contributed by atoms with Crippen LogP contribution in [-0.2, 0) is 90.3 Å². The predicted octanol–water partition coefficient (Wildman–Crippen LogP) is 12.7. The molecule has 25 heteroatoms. The summed E-state index contributed by atoms with van der Waals surface area (Å²) < 4.78 is 130. The van der Waals surface area contributed by atoms with Gasteiger partial charge >= 0.3 is 67.7 Å². The van der Waals surface area contributed by atoms with E-state index < -0.39 is 64.3 Å². The van der Waals surface area contributed by atoms with Crippen LogP contribution in [0.4, 0.5) is 26.3 Å². The fourth-order valence-corrected chi connectivity index (χ4v) is 17.4. The van der Waals surface area contributed by atoms with E-state index in [-0.39, 0.29) is 68.9 Å². The van der Waals surface area contributed by atoms with Crippen LogP contribution in [0, 0.1) is 53.0 Å². The van der Waals surface area contributed by atoms with Crippen LogP contribution in [-0.4, -0.2) is 73.6 Å². The topological polar surface area (TPSA) is 153 Å². The molecule has 0 heterocycles. The molecule has 88 heavy (non-hydrogen) atoms. The standard InChI is InChI=1S/2C21H21P.C18H21O6.C2F6NO4S2.CH2Cl2.2Au/c2*1-16-10-4-7-13-19(16)22(20-14-8-5-11-17(20)2)21-15-9-6-12-18(21)3;1-6-11-9-18(16(19)23-4,17(20)24-5)10-12-7-13(21-2)8-14(22-3)15(11)12;3-1(4,5)14(10,11)9-15(12,13)2(6,7)8;2-1-3;;/h2*4-15H,1-3H3;7-8,11H,1,9-10H2,2-5H3;;1H2;;/q;;2*-1;;2*+1/p+2/t;;11-;;;;/m..0..../s1. The Morgan fingerprint density at radius 2 is 0.818 bits per heavy atom. The molecule has 0 spiro atoms. The molecule has 0 saturated heterocycles. The summed E-state index contributed by atoms with van der Waals surface area (Å²) in [5, 5.41) is 9.17. The van der Waals surface area contributed by atoms with Crippen LogP contribution >= 0.6 is 39.0 Å². The first-order chi connectivity index (χ1) is 40.4. The van der Waals surface area contributed by atoms with E-state index >= 15 is 0 Å². The second-order valence-corrected chi connectivity index (χ2v) is 28.2. The van der Waals surface area contributed by atoms with Crippen molar-refractivity contribution in [3.8, 4) is 11.5 Å². The van der Waals surface area contributed by atoms with Gasteiger partial charge in [0.1, 0.15) is 43.3 Å². The number of carbonyl (C=O) groups excluding carboxylic acids is 2. The van der Waals surface area contributed by atoms with Crippen LogP contribution in [0.15, 0.2) is 164 Å². The fraction of sp³-hybridized carbons (Fsp3) is 0.270. The molecule has 1 aliphatic carbocycles. The Labute approximate surface area is 555 Å². The second-order valence-electron chi connectivity index (χ2n) is 19.3. The molecule has 11 nitrogen and oxygen atoms in total. The van der Waals surface area contributed by atoms with Crippen molar-refractivity contribution in [2.24, 2.45) is 5.41 Å². The number of methoxy groups -OCH3 is 4. The zero-order valence-electron chi connectivity index (χ0n) is 49.4. The first kappa shape index (κ1) is 79.3. The van der Waals surface area contributed by atoms with Gasteiger partial charge < -0.3 is 29.2 Å². The quantitative estimate of drug-likeness (QED) is 0.0207. The molecule has 0 aromatic heterocycles. The number of nitrogens with zero attached hydrogens (tertiary/aromatic N) is 1. The second kappa shape index (κ2) is 35.7. The summed E-state index contributed by atoms with van der Waals surface area (Å²) >= 11 is 9.53. The molecular weight excluding hydrogens is 1640 g/mol. The molecule has 8 rings (SSSR count). The Kier molecular flexibility index (Phi) is 32.2. The third-order valence-corrected chi connectivity index (χ3v) is 23.1. The Bertz CT molecular complexity index is 3290. The van der Waals surface area contributed by atoms with E-state index in [1.165, 1.54) is 86.5 Å². The monoisotopic (exact) mass is 1700 g/mol. The number of benzene rings is 7. The molecule has 1 atom stereocenters. The van der Waals surface area contributed by atoms with Gasteiger partial charge in [0.05, 0.1) is 49.6 Å². The van der Waals surface area contributed by atoms with E-state index in [9.17, 15) is 52.8 Å². The number of hydrogen-bond donors (Lipinski definition) is 0. The van der Waals surface area contributed by atoms with Crippen molar-refractivity contribution in [2.75, 3.05) is 33.8 Å². The van der Waals surface area contributed by atoms with Crippen LogP contribution in [0.5, 0.6) is 11.5 Å².